The summed E-state index contributed by atoms with van der Waals surface area (Å²) in [6.45, 7) is 4.27. The molecule has 0 spiro atoms. The average molecular weight is 160 g/mol. The Kier molecular flexibility index (Phi) is 3.64. The summed E-state index contributed by atoms with van der Waals surface area (Å²) in [5.74, 6) is 0. The molecule has 0 bridgehead atoms. The maximum absolute atomic E-state index is 3.89. The van der Waals surface area contributed by atoms with E-state index in [9.17, 15) is 0 Å². The smallest absolute Gasteiger partial charge is 0.0580 e. The lowest BCUT2D eigenvalue weighted by molar-refractivity contribution is 0.748. The standard InChI is InChI=1S/C10H12N2/c1-2-8-11-12-9-10-6-4-3-5-7-10/h2-8,12H,1,9H2. The Balaban J connectivity index is 2.33. The van der Waals surface area contributed by atoms with Crippen molar-refractivity contribution in [3.63, 3.8) is 0 Å². The molecule has 1 aromatic rings. The van der Waals surface area contributed by atoms with E-state index in [0.29, 0.717) is 0 Å². The van der Waals surface area contributed by atoms with Crippen molar-refractivity contribution in [2.24, 2.45) is 5.10 Å². The van der Waals surface area contributed by atoms with Crippen LogP contribution in [-0.2, 0) is 6.54 Å². The summed E-state index contributed by atoms with van der Waals surface area (Å²) < 4.78 is 0. The predicted molar refractivity (Wildman–Crippen MR) is 52.0 cm³/mol. The molecule has 2 heteroatoms. The van der Waals surface area contributed by atoms with Crippen LogP contribution >= 0.6 is 0 Å². The lowest BCUT2D eigenvalue weighted by Crippen LogP contribution is -2.04. The Bertz CT molecular complexity index is 252. The summed E-state index contributed by atoms with van der Waals surface area (Å²) >= 11 is 0. The maximum atomic E-state index is 3.89. The van der Waals surface area contributed by atoms with E-state index in [1.807, 2.05) is 18.2 Å². The van der Waals surface area contributed by atoms with Gasteiger partial charge in [-0.25, -0.2) is 0 Å². The molecule has 0 aliphatic heterocycles. The average Bonchev–Trinajstić information content (AvgIpc) is 2.14. The summed E-state index contributed by atoms with van der Waals surface area (Å²) in [7, 11) is 0. The van der Waals surface area contributed by atoms with Crippen molar-refractivity contribution in [1.82, 2.24) is 5.43 Å². The van der Waals surface area contributed by atoms with Gasteiger partial charge in [-0.1, -0.05) is 36.9 Å². The Labute approximate surface area is 72.6 Å². The van der Waals surface area contributed by atoms with E-state index >= 15 is 0 Å². The molecule has 62 valence electrons. The van der Waals surface area contributed by atoms with Crippen LogP contribution in [0.5, 0.6) is 0 Å². The van der Waals surface area contributed by atoms with Crippen molar-refractivity contribution in [3.8, 4) is 0 Å². The first-order valence-electron chi connectivity index (χ1n) is 3.84. The third-order valence-electron chi connectivity index (χ3n) is 1.40. The van der Waals surface area contributed by atoms with Crippen molar-refractivity contribution in [2.75, 3.05) is 0 Å². The van der Waals surface area contributed by atoms with Crippen molar-refractivity contribution in [1.29, 1.82) is 0 Å². The molecule has 0 heterocycles. The Hall–Kier alpha value is -1.57. The number of nitrogens with one attached hydrogen (secondary N) is 1. The summed E-state index contributed by atoms with van der Waals surface area (Å²) in [4.78, 5) is 0. The SMILES string of the molecule is C=CC=NNCc1ccccc1. The fourth-order valence-corrected chi connectivity index (χ4v) is 0.838. The van der Waals surface area contributed by atoms with Gasteiger partial charge in [0, 0.05) is 6.21 Å². The maximum Gasteiger partial charge on any atom is 0.0580 e. The monoisotopic (exact) mass is 160 g/mol. The van der Waals surface area contributed by atoms with Crippen LogP contribution < -0.4 is 5.43 Å². The van der Waals surface area contributed by atoms with Gasteiger partial charge in [-0.05, 0) is 11.6 Å². The zero-order valence-electron chi connectivity index (χ0n) is 6.90. The molecule has 0 atom stereocenters. The van der Waals surface area contributed by atoms with Crippen LogP contribution in [0.2, 0.25) is 0 Å². The highest BCUT2D eigenvalue weighted by Crippen LogP contribution is 1.96. The van der Waals surface area contributed by atoms with Gasteiger partial charge >= 0.3 is 0 Å². The van der Waals surface area contributed by atoms with Crippen LogP contribution in [0.1, 0.15) is 5.56 Å². The van der Waals surface area contributed by atoms with Crippen LogP contribution in [0.4, 0.5) is 0 Å². The number of benzene rings is 1. The fraction of sp³-hybridized carbons (Fsp3) is 0.100. The fourth-order valence-electron chi connectivity index (χ4n) is 0.838. The Morgan fingerprint density at radius 2 is 2.08 bits per heavy atom. The molecule has 2 nitrogen and oxygen atoms in total. The molecule has 0 aliphatic carbocycles. The normalized spacial score (nSPS) is 10.0. The van der Waals surface area contributed by atoms with E-state index in [2.05, 4.69) is 29.2 Å². The van der Waals surface area contributed by atoms with Crippen molar-refractivity contribution >= 4 is 6.21 Å². The molecule has 0 unspecified atom stereocenters. The van der Waals surface area contributed by atoms with Crippen molar-refractivity contribution in [2.45, 2.75) is 6.54 Å². The van der Waals surface area contributed by atoms with E-state index in [4.69, 9.17) is 0 Å². The first-order chi connectivity index (χ1) is 5.93. The summed E-state index contributed by atoms with van der Waals surface area (Å²) in [5.41, 5.74) is 4.12. The molecule has 0 aromatic heterocycles. The molecule has 1 aromatic carbocycles. The van der Waals surface area contributed by atoms with Gasteiger partial charge in [0.1, 0.15) is 0 Å². The molecule has 0 amide bonds. The van der Waals surface area contributed by atoms with E-state index in [-0.39, 0.29) is 0 Å². The van der Waals surface area contributed by atoms with Gasteiger partial charge in [0.15, 0.2) is 0 Å². The second-order valence-corrected chi connectivity index (χ2v) is 2.33. The summed E-state index contributed by atoms with van der Waals surface area (Å²) in [6, 6.07) is 10.1. The molecule has 0 fully saturated rings. The quantitative estimate of drug-likeness (QED) is 0.528. The highest BCUT2D eigenvalue weighted by molar-refractivity contribution is 5.69. The van der Waals surface area contributed by atoms with Crippen LogP contribution in [0.25, 0.3) is 0 Å². The topological polar surface area (TPSA) is 24.4 Å². The van der Waals surface area contributed by atoms with E-state index in [1.165, 1.54) is 5.56 Å². The van der Waals surface area contributed by atoms with Crippen LogP contribution in [0.3, 0.4) is 0 Å². The van der Waals surface area contributed by atoms with Gasteiger partial charge in [-0.15, -0.1) is 0 Å². The number of rotatable bonds is 4. The molecule has 1 N–H and O–H groups in total. The lowest BCUT2D eigenvalue weighted by atomic mass is 10.2. The van der Waals surface area contributed by atoms with Crippen LogP contribution in [-0.4, -0.2) is 6.21 Å². The molecule has 0 saturated carbocycles. The molecule has 0 aliphatic rings. The minimum Gasteiger partial charge on any atom is -0.306 e. The van der Waals surface area contributed by atoms with Crippen molar-refractivity contribution in [3.05, 3.63) is 48.6 Å². The third kappa shape index (κ3) is 3.01. The molecular weight excluding hydrogens is 148 g/mol. The second kappa shape index (κ2) is 5.13. The summed E-state index contributed by atoms with van der Waals surface area (Å²) in [5, 5.41) is 3.89. The van der Waals surface area contributed by atoms with E-state index in [1.54, 1.807) is 12.3 Å². The molecule has 0 radical (unpaired) electrons. The first kappa shape index (κ1) is 8.53. The van der Waals surface area contributed by atoms with Crippen LogP contribution in [0.15, 0.2) is 48.1 Å². The molecule has 12 heavy (non-hydrogen) atoms. The minimum atomic E-state index is 0.755. The van der Waals surface area contributed by atoms with E-state index < -0.39 is 0 Å². The second-order valence-electron chi connectivity index (χ2n) is 2.33. The van der Waals surface area contributed by atoms with Gasteiger partial charge in [0.2, 0.25) is 0 Å². The van der Waals surface area contributed by atoms with Gasteiger partial charge in [-0.3, -0.25) is 0 Å². The van der Waals surface area contributed by atoms with Gasteiger partial charge < -0.3 is 5.43 Å². The number of nitrogens with zero attached hydrogens (tertiary/aromatic N) is 1. The first-order valence-corrected chi connectivity index (χ1v) is 3.84. The van der Waals surface area contributed by atoms with Gasteiger partial charge in [0.25, 0.3) is 0 Å². The Morgan fingerprint density at radius 3 is 2.75 bits per heavy atom. The predicted octanol–water partition coefficient (Wildman–Crippen LogP) is 1.95. The number of hydrogen-bond donors (Lipinski definition) is 1. The van der Waals surface area contributed by atoms with Crippen LogP contribution in [0, 0.1) is 0 Å². The summed E-state index contributed by atoms with van der Waals surface area (Å²) in [6.07, 6.45) is 3.26. The zero-order valence-corrected chi connectivity index (χ0v) is 6.90. The van der Waals surface area contributed by atoms with Gasteiger partial charge in [-0.2, -0.15) is 5.10 Å². The zero-order chi connectivity index (χ0) is 8.65. The van der Waals surface area contributed by atoms with Gasteiger partial charge in [0.05, 0.1) is 6.54 Å². The molecule has 0 saturated heterocycles. The minimum absolute atomic E-state index is 0.755. The highest BCUT2D eigenvalue weighted by atomic mass is 15.3. The number of allylic oxidation sites excluding steroid dienone is 1. The highest BCUT2D eigenvalue weighted by Gasteiger charge is 1.85. The molecular formula is C10H12N2. The van der Waals surface area contributed by atoms with Crippen molar-refractivity contribution < 1.29 is 0 Å². The number of hydrazone groups is 1. The largest absolute Gasteiger partial charge is 0.306 e. The van der Waals surface area contributed by atoms with E-state index in [0.717, 1.165) is 6.54 Å². The molecule has 1 rings (SSSR count). The number of hydrogen-bond acceptors (Lipinski definition) is 2. The third-order valence-corrected chi connectivity index (χ3v) is 1.40. The Morgan fingerprint density at radius 1 is 1.33 bits per heavy atom. The lowest BCUT2D eigenvalue weighted by Gasteiger charge is -1.98.